The highest BCUT2D eigenvalue weighted by molar-refractivity contribution is 6.11. The van der Waals surface area contributed by atoms with Crippen molar-refractivity contribution in [2.75, 3.05) is 39.3 Å². The van der Waals surface area contributed by atoms with Gasteiger partial charge in [0.2, 0.25) is 0 Å². The number of fused-ring (bicyclic) bond motifs is 1. The zero-order valence-electron chi connectivity index (χ0n) is 18.9. The van der Waals surface area contributed by atoms with Gasteiger partial charge in [-0.05, 0) is 42.7 Å². The van der Waals surface area contributed by atoms with Crippen molar-refractivity contribution in [1.29, 1.82) is 0 Å². The van der Waals surface area contributed by atoms with E-state index in [1.54, 1.807) is 14.2 Å². The second-order valence-corrected chi connectivity index (χ2v) is 7.63. The molecule has 1 atom stereocenters. The summed E-state index contributed by atoms with van der Waals surface area (Å²) in [4.78, 5) is 13.6. The van der Waals surface area contributed by atoms with Crippen LogP contribution in [-0.2, 0) is 4.74 Å². The first-order valence-corrected chi connectivity index (χ1v) is 10.6. The molecule has 1 aliphatic heterocycles. The number of aryl methyl sites for hydroxylation is 1. The lowest BCUT2D eigenvalue weighted by atomic mass is 10.0. The van der Waals surface area contributed by atoms with Crippen molar-refractivity contribution in [1.82, 2.24) is 9.97 Å². The minimum Gasteiger partial charge on any atom is -0.493 e. The molecule has 166 valence electrons. The van der Waals surface area contributed by atoms with Gasteiger partial charge >= 0.3 is 0 Å². The van der Waals surface area contributed by atoms with E-state index in [9.17, 15) is 0 Å². The van der Waals surface area contributed by atoms with Crippen LogP contribution in [-0.4, -0.2) is 50.2 Å². The fourth-order valence-corrected chi connectivity index (χ4v) is 3.69. The van der Waals surface area contributed by atoms with Crippen LogP contribution in [0.5, 0.6) is 11.5 Å². The largest absolute Gasteiger partial charge is 0.493 e. The Balaban J connectivity index is 1.66. The smallest absolute Gasteiger partial charge is 0.162 e. The molecular formula is C25H28N4O3. The topological polar surface area (TPSA) is 77.9 Å². The second-order valence-electron chi connectivity index (χ2n) is 7.63. The molecule has 1 N–H and O–H groups in total. The molecule has 0 fully saturated rings. The van der Waals surface area contributed by atoms with Crippen molar-refractivity contribution >= 4 is 28.5 Å². The minimum atomic E-state index is 0.0337. The van der Waals surface area contributed by atoms with Gasteiger partial charge in [-0.1, -0.05) is 24.3 Å². The first-order chi connectivity index (χ1) is 15.6. The van der Waals surface area contributed by atoms with E-state index in [1.165, 1.54) is 5.56 Å². The summed E-state index contributed by atoms with van der Waals surface area (Å²) < 4.78 is 16.5. The van der Waals surface area contributed by atoms with Crippen LogP contribution in [0.4, 0.5) is 5.82 Å². The maximum absolute atomic E-state index is 5.87. The molecule has 3 aromatic rings. The van der Waals surface area contributed by atoms with Gasteiger partial charge in [-0.3, -0.25) is 4.99 Å². The summed E-state index contributed by atoms with van der Waals surface area (Å²) >= 11 is 0. The van der Waals surface area contributed by atoms with Gasteiger partial charge in [-0.15, -0.1) is 0 Å². The predicted octanol–water partition coefficient (Wildman–Crippen LogP) is 4.61. The van der Waals surface area contributed by atoms with Gasteiger partial charge in [0.15, 0.2) is 11.5 Å². The van der Waals surface area contributed by atoms with E-state index >= 15 is 0 Å². The third kappa shape index (κ3) is 4.73. The Labute approximate surface area is 188 Å². The van der Waals surface area contributed by atoms with Crippen LogP contribution in [0.2, 0.25) is 0 Å². The Kier molecular flexibility index (Phi) is 6.66. The fourth-order valence-electron chi connectivity index (χ4n) is 3.69. The van der Waals surface area contributed by atoms with Crippen LogP contribution in [0.25, 0.3) is 16.5 Å². The summed E-state index contributed by atoms with van der Waals surface area (Å²) in [6.07, 6.45) is 4.06. The molecule has 0 saturated carbocycles. The van der Waals surface area contributed by atoms with E-state index in [2.05, 4.69) is 57.5 Å². The molecule has 0 amide bonds. The second kappa shape index (κ2) is 9.78. The first-order valence-electron chi connectivity index (χ1n) is 10.6. The number of methoxy groups -OCH3 is 2. The number of anilines is 1. The standard InChI is InChI=1S/C25H28N4O3/c1-16(18-6-5-7-19(12-18)20-8-9-26-15-20)27-25-21-13-24(32-11-10-30-3)23(31-4)14-22(21)28-17(2)29-25/h5-8,12-16H,9-11H2,1-4H3,(H,27,28,29)/t16-/m1/s1. The van der Waals surface area contributed by atoms with Gasteiger partial charge in [0, 0.05) is 30.8 Å². The van der Waals surface area contributed by atoms with Gasteiger partial charge in [-0.25, -0.2) is 9.97 Å². The number of hydrogen-bond donors (Lipinski definition) is 1. The van der Waals surface area contributed by atoms with Gasteiger partial charge in [0.05, 0.1) is 25.8 Å². The summed E-state index contributed by atoms with van der Waals surface area (Å²) in [7, 11) is 3.27. The average Bonchev–Trinajstić information content (AvgIpc) is 3.34. The van der Waals surface area contributed by atoms with E-state index in [1.807, 2.05) is 25.3 Å². The molecule has 0 spiro atoms. The predicted molar refractivity (Wildman–Crippen MR) is 128 cm³/mol. The van der Waals surface area contributed by atoms with Gasteiger partial charge < -0.3 is 19.5 Å². The number of aliphatic imine (C=N–C) groups is 1. The number of aromatic nitrogens is 2. The molecule has 4 rings (SSSR count). The molecule has 1 aliphatic rings. The molecule has 2 heterocycles. The maximum atomic E-state index is 5.87. The van der Waals surface area contributed by atoms with Crippen LogP contribution in [0.1, 0.15) is 29.9 Å². The molecular weight excluding hydrogens is 404 g/mol. The van der Waals surface area contributed by atoms with Gasteiger partial charge in [0.1, 0.15) is 18.2 Å². The van der Waals surface area contributed by atoms with Crippen LogP contribution in [0, 0.1) is 6.92 Å². The van der Waals surface area contributed by atoms with Gasteiger partial charge in [-0.2, -0.15) is 0 Å². The summed E-state index contributed by atoms with van der Waals surface area (Å²) in [5.41, 5.74) is 4.29. The lowest BCUT2D eigenvalue weighted by Crippen LogP contribution is -2.10. The SMILES string of the molecule is COCCOc1cc2c(N[C@H](C)c3cccc(C4=CCN=C4)c3)nc(C)nc2cc1OC. The third-order valence-corrected chi connectivity index (χ3v) is 5.36. The van der Waals surface area contributed by atoms with Crippen LogP contribution >= 0.6 is 0 Å². The number of nitrogens with one attached hydrogen (secondary N) is 1. The lowest BCUT2D eigenvalue weighted by molar-refractivity contribution is 0.144. The Hall–Kier alpha value is -3.45. The molecule has 2 aromatic carbocycles. The van der Waals surface area contributed by atoms with Crippen LogP contribution < -0.4 is 14.8 Å². The summed E-state index contributed by atoms with van der Waals surface area (Å²) in [6.45, 7) is 5.68. The zero-order valence-corrected chi connectivity index (χ0v) is 18.9. The lowest BCUT2D eigenvalue weighted by Gasteiger charge is -2.19. The average molecular weight is 433 g/mol. The van der Waals surface area contributed by atoms with E-state index in [-0.39, 0.29) is 6.04 Å². The quantitative estimate of drug-likeness (QED) is 0.498. The molecule has 7 heteroatoms. The number of benzene rings is 2. The highest BCUT2D eigenvalue weighted by atomic mass is 16.5. The van der Waals surface area contributed by atoms with Crippen molar-refractivity contribution in [3.63, 3.8) is 0 Å². The number of hydrogen-bond acceptors (Lipinski definition) is 7. The summed E-state index contributed by atoms with van der Waals surface area (Å²) in [5.74, 6) is 2.70. The Morgan fingerprint density at radius 1 is 1.06 bits per heavy atom. The van der Waals surface area contributed by atoms with E-state index < -0.39 is 0 Å². The molecule has 0 unspecified atom stereocenters. The number of rotatable bonds is 9. The zero-order chi connectivity index (χ0) is 22.5. The maximum Gasteiger partial charge on any atom is 0.162 e. The summed E-state index contributed by atoms with van der Waals surface area (Å²) in [5, 5.41) is 4.44. The van der Waals surface area contributed by atoms with E-state index in [0.29, 0.717) is 30.5 Å². The monoisotopic (exact) mass is 432 g/mol. The first kappa shape index (κ1) is 21.8. The van der Waals surface area contributed by atoms with Crippen molar-refractivity contribution in [3.05, 3.63) is 59.4 Å². The van der Waals surface area contributed by atoms with Crippen LogP contribution in [0.3, 0.4) is 0 Å². The highest BCUT2D eigenvalue weighted by Crippen LogP contribution is 2.35. The van der Waals surface area contributed by atoms with Crippen LogP contribution in [0.15, 0.2) is 47.5 Å². The van der Waals surface area contributed by atoms with E-state index in [0.717, 1.165) is 34.4 Å². The molecule has 1 aromatic heterocycles. The number of allylic oxidation sites excluding steroid dienone is 1. The molecule has 0 saturated heterocycles. The normalized spacial score (nSPS) is 13.8. The molecule has 32 heavy (non-hydrogen) atoms. The highest BCUT2D eigenvalue weighted by Gasteiger charge is 2.16. The molecule has 7 nitrogen and oxygen atoms in total. The van der Waals surface area contributed by atoms with Crippen molar-refractivity contribution < 1.29 is 14.2 Å². The molecule has 0 aliphatic carbocycles. The Morgan fingerprint density at radius 2 is 1.94 bits per heavy atom. The minimum absolute atomic E-state index is 0.0337. The van der Waals surface area contributed by atoms with E-state index in [4.69, 9.17) is 14.2 Å². The van der Waals surface area contributed by atoms with Gasteiger partial charge in [0.25, 0.3) is 0 Å². The Morgan fingerprint density at radius 3 is 2.69 bits per heavy atom. The third-order valence-electron chi connectivity index (χ3n) is 5.36. The number of ether oxygens (including phenoxy) is 3. The fraction of sp³-hybridized carbons (Fsp3) is 0.320. The van der Waals surface area contributed by atoms with Crippen molar-refractivity contribution in [2.24, 2.45) is 4.99 Å². The molecule has 0 radical (unpaired) electrons. The van der Waals surface area contributed by atoms with Crippen molar-refractivity contribution in [3.8, 4) is 11.5 Å². The molecule has 0 bridgehead atoms. The number of nitrogens with zero attached hydrogens (tertiary/aromatic N) is 3. The Bertz CT molecular complexity index is 1170. The summed E-state index contributed by atoms with van der Waals surface area (Å²) in [6, 6.07) is 12.3. The van der Waals surface area contributed by atoms with Crippen molar-refractivity contribution in [2.45, 2.75) is 19.9 Å².